The number of nitrogens with one attached hydrogen (secondary N) is 1. The molecule has 2 aromatic rings. The highest BCUT2D eigenvalue weighted by molar-refractivity contribution is 6.30. The fourth-order valence-corrected chi connectivity index (χ4v) is 2.38. The van der Waals surface area contributed by atoms with Crippen molar-refractivity contribution in [2.45, 2.75) is 13.0 Å². The van der Waals surface area contributed by atoms with Crippen LogP contribution in [0.15, 0.2) is 30.5 Å². The van der Waals surface area contributed by atoms with E-state index in [2.05, 4.69) is 17.3 Å². The largest absolute Gasteiger partial charge is 0.493 e. The van der Waals surface area contributed by atoms with Crippen LogP contribution in [0.5, 0.6) is 11.5 Å². The summed E-state index contributed by atoms with van der Waals surface area (Å²) in [4.78, 5) is 0. The van der Waals surface area contributed by atoms with Gasteiger partial charge in [0, 0.05) is 12.1 Å². The number of likely N-dealkylation sites (N-methyl/N-ethyl adjacent to an activating group) is 1. The number of aromatic nitrogens is 2. The first-order valence-corrected chi connectivity index (χ1v) is 7.21. The van der Waals surface area contributed by atoms with Gasteiger partial charge in [0.2, 0.25) is 0 Å². The Morgan fingerprint density at radius 1 is 1.43 bits per heavy atom. The third-order valence-electron chi connectivity index (χ3n) is 3.16. The van der Waals surface area contributed by atoms with Crippen molar-refractivity contribution in [2.75, 3.05) is 20.3 Å². The summed E-state index contributed by atoms with van der Waals surface area (Å²) in [6.07, 6.45) is 1.71. The van der Waals surface area contributed by atoms with Crippen molar-refractivity contribution in [3.63, 3.8) is 0 Å². The Morgan fingerprint density at radius 2 is 2.24 bits per heavy atom. The van der Waals surface area contributed by atoms with Gasteiger partial charge in [-0.3, -0.25) is 4.68 Å². The van der Waals surface area contributed by atoms with Crippen molar-refractivity contribution in [1.29, 1.82) is 0 Å². The van der Waals surface area contributed by atoms with Crippen LogP contribution in [0.1, 0.15) is 18.7 Å². The summed E-state index contributed by atoms with van der Waals surface area (Å²) < 4.78 is 13.0. The highest BCUT2D eigenvalue weighted by Crippen LogP contribution is 2.25. The maximum Gasteiger partial charge on any atom is 0.161 e. The Kier molecular flexibility index (Phi) is 5.47. The number of ether oxygens (including phenoxy) is 2. The van der Waals surface area contributed by atoms with Gasteiger partial charge in [-0.2, -0.15) is 5.10 Å². The summed E-state index contributed by atoms with van der Waals surface area (Å²) in [6, 6.07) is 7.35. The van der Waals surface area contributed by atoms with E-state index in [1.54, 1.807) is 24.1 Å². The minimum atomic E-state index is -0.0172. The zero-order valence-electron chi connectivity index (χ0n) is 12.5. The molecule has 21 heavy (non-hydrogen) atoms. The Morgan fingerprint density at radius 3 is 2.90 bits per heavy atom. The zero-order chi connectivity index (χ0) is 15.2. The van der Waals surface area contributed by atoms with Gasteiger partial charge in [-0.05, 0) is 24.7 Å². The van der Waals surface area contributed by atoms with Crippen molar-refractivity contribution >= 4 is 11.6 Å². The number of nitrogens with zero attached hydrogens (tertiary/aromatic N) is 2. The summed E-state index contributed by atoms with van der Waals surface area (Å²) in [7, 11) is 3.53. The summed E-state index contributed by atoms with van der Waals surface area (Å²) in [6.45, 7) is 3.33. The molecule has 114 valence electrons. The molecule has 6 heteroatoms. The molecule has 0 amide bonds. The summed E-state index contributed by atoms with van der Waals surface area (Å²) >= 11 is 5.96. The Labute approximate surface area is 129 Å². The number of hydrogen-bond donors (Lipinski definition) is 1. The van der Waals surface area contributed by atoms with Crippen LogP contribution in [0.4, 0.5) is 0 Å². The molecule has 0 saturated carbocycles. The van der Waals surface area contributed by atoms with E-state index in [-0.39, 0.29) is 6.04 Å². The molecular formula is C15H20ClN3O2. The predicted octanol–water partition coefficient (Wildman–Crippen LogP) is 2.81. The van der Waals surface area contributed by atoms with Crippen LogP contribution in [0, 0.1) is 0 Å². The molecule has 0 bridgehead atoms. The average molecular weight is 310 g/mol. The molecular weight excluding hydrogens is 290 g/mol. The van der Waals surface area contributed by atoms with Gasteiger partial charge in [0.05, 0.1) is 19.3 Å². The van der Waals surface area contributed by atoms with Gasteiger partial charge in [-0.25, -0.2) is 0 Å². The minimum absolute atomic E-state index is 0.0172. The summed E-state index contributed by atoms with van der Waals surface area (Å²) in [5, 5.41) is 8.28. The van der Waals surface area contributed by atoms with Crippen molar-refractivity contribution in [1.82, 2.24) is 15.1 Å². The van der Waals surface area contributed by atoms with Crippen LogP contribution in [0.2, 0.25) is 5.02 Å². The molecule has 1 aromatic heterocycles. The first kappa shape index (κ1) is 15.7. The van der Waals surface area contributed by atoms with Gasteiger partial charge >= 0.3 is 0 Å². The number of rotatable bonds is 7. The van der Waals surface area contributed by atoms with Gasteiger partial charge in [0.15, 0.2) is 5.75 Å². The smallest absolute Gasteiger partial charge is 0.161 e. The number of aryl methyl sites for hydroxylation is 1. The van der Waals surface area contributed by atoms with E-state index in [9.17, 15) is 0 Å². The average Bonchev–Trinajstić information content (AvgIpc) is 2.84. The van der Waals surface area contributed by atoms with Gasteiger partial charge in [-0.15, -0.1) is 0 Å². The van der Waals surface area contributed by atoms with Crippen LogP contribution in [0.25, 0.3) is 0 Å². The highest BCUT2D eigenvalue weighted by Gasteiger charge is 2.20. The van der Waals surface area contributed by atoms with Crippen LogP contribution in [-0.2, 0) is 7.05 Å². The number of halogens is 1. The Balaban J connectivity index is 2.14. The fourth-order valence-electron chi connectivity index (χ4n) is 2.20. The van der Waals surface area contributed by atoms with Crippen molar-refractivity contribution in [3.8, 4) is 11.5 Å². The zero-order valence-corrected chi connectivity index (χ0v) is 13.2. The first-order valence-electron chi connectivity index (χ1n) is 6.83. The molecule has 0 aliphatic carbocycles. The van der Waals surface area contributed by atoms with Gasteiger partial charge in [-0.1, -0.05) is 24.6 Å². The van der Waals surface area contributed by atoms with Gasteiger partial charge in [0.25, 0.3) is 0 Å². The monoisotopic (exact) mass is 309 g/mol. The van der Waals surface area contributed by atoms with E-state index < -0.39 is 0 Å². The Bertz CT molecular complexity index is 586. The van der Waals surface area contributed by atoms with Gasteiger partial charge < -0.3 is 14.8 Å². The standard InChI is InChI=1S/C15H20ClN3O2/c1-4-17-13(15-14(20-3)9-18-19(15)2)10-21-12-7-5-6-11(16)8-12/h5-9,13,17H,4,10H2,1-3H3. The molecule has 1 unspecified atom stereocenters. The van der Waals surface area contributed by atoms with E-state index in [0.717, 1.165) is 23.7 Å². The van der Waals surface area contributed by atoms with Crippen LogP contribution in [0.3, 0.4) is 0 Å². The lowest BCUT2D eigenvalue weighted by molar-refractivity contribution is 0.257. The molecule has 0 radical (unpaired) electrons. The number of hydrogen-bond acceptors (Lipinski definition) is 4. The third kappa shape index (κ3) is 3.89. The Hall–Kier alpha value is -1.72. The maximum absolute atomic E-state index is 5.96. The molecule has 0 spiro atoms. The highest BCUT2D eigenvalue weighted by atomic mass is 35.5. The minimum Gasteiger partial charge on any atom is -0.493 e. The van der Waals surface area contributed by atoms with E-state index in [4.69, 9.17) is 21.1 Å². The number of methoxy groups -OCH3 is 1. The summed E-state index contributed by atoms with van der Waals surface area (Å²) in [5.74, 6) is 1.49. The molecule has 5 nitrogen and oxygen atoms in total. The second-order valence-electron chi connectivity index (χ2n) is 4.60. The SMILES string of the molecule is CCNC(COc1cccc(Cl)c1)c1c(OC)cnn1C. The molecule has 1 atom stereocenters. The van der Waals surface area contributed by atoms with E-state index in [0.29, 0.717) is 11.6 Å². The van der Waals surface area contributed by atoms with Gasteiger partial charge in [0.1, 0.15) is 18.1 Å². The second-order valence-corrected chi connectivity index (χ2v) is 5.04. The molecule has 0 saturated heterocycles. The maximum atomic E-state index is 5.96. The molecule has 0 aliphatic rings. The molecule has 1 N–H and O–H groups in total. The molecule has 1 aromatic carbocycles. The van der Waals surface area contributed by atoms with Crippen LogP contribution < -0.4 is 14.8 Å². The van der Waals surface area contributed by atoms with Crippen molar-refractivity contribution in [3.05, 3.63) is 41.2 Å². The third-order valence-corrected chi connectivity index (χ3v) is 3.40. The quantitative estimate of drug-likeness (QED) is 0.854. The molecule has 0 aliphatic heterocycles. The van der Waals surface area contributed by atoms with Crippen LogP contribution in [-0.4, -0.2) is 30.0 Å². The topological polar surface area (TPSA) is 48.3 Å². The van der Waals surface area contributed by atoms with E-state index in [1.807, 2.05) is 25.2 Å². The van der Waals surface area contributed by atoms with E-state index >= 15 is 0 Å². The summed E-state index contributed by atoms with van der Waals surface area (Å²) in [5.41, 5.74) is 0.960. The second kappa shape index (κ2) is 7.33. The lowest BCUT2D eigenvalue weighted by Crippen LogP contribution is -2.29. The molecule has 2 rings (SSSR count). The predicted molar refractivity (Wildman–Crippen MR) is 83.1 cm³/mol. The first-order chi connectivity index (χ1) is 10.2. The number of benzene rings is 1. The van der Waals surface area contributed by atoms with Crippen molar-refractivity contribution < 1.29 is 9.47 Å². The molecule has 0 fully saturated rings. The lowest BCUT2D eigenvalue weighted by Gasteiger charge is -2.20. The molecule has 1 heterocycles. The van der Waals surface area contributed by atoms with Crippen LogP contribution >= 0.6 is 11.6 Å². The normalized spacial score (nSPS) is 12.2. The van der Waals surface area contributed by atoms with E-state index in [1.165, 1.54) is 0 Å². The lowest BCUT2D eigenvalue weighted by atomic mass is 10.2. The fraction of sp³-hybridized carbons (Fsp3) is 0.400. The van der Waals surface area contributed by atoms with Crippen molar-refractivity contribution in [2.24, 2.45) is 7.05 Å².